The maximum absolute atomic E-state index is 12.7. The first-order valence-corrected chi connectivity index (χ1v) is 9.82. The molecule has 0 spiro atoms. The van der Waals surface area contributed by atoms with E-state index in [2.05, 4.69) is 21.3 Å². The summed E-state index contributed by atoms with van der Waals surface area (Å²) >= 11 is 0. The second-order valence-corrected chi connectivity index (χ2v) is 7.23. The zero-order valence-corrected chi connectivity index (χ0v) is 17.7. The Kier molecular flexibility index (Phi) is 6.77. The van der Waals surface area contributed by atoms with E-state index in [1.807, 2.05) is 0 Å². The second-order valence-electron chi connectivity index (χ2n) is 7.23. The lowest BCUT2D eigenvalue weighted by Gasteiger charge is -2.14. The monoisotopic (exact) mass is 452 g/mol. The molecule has 1 heterocycles. The summed E-state index contributed by atoms with van der Waals surface area (Å²) in [7, 11) is 0. The van der Waals surface area contributed by atoms with Gasteiger partial charge in [0.2, 0.25) is 0 Å². The van der Waals surface area contributed by atoms with Crippen LogP contribution in [-0.4, -0.2) is 39.0 Å². The van der Waals surface area contributed by atoms with E-state index in [9.17, 15) is 29.3 Å². The molecule has 3 aromatic rings. The number of nitro groups is 1. The molecule has 0 saturated heterocycles. The van der Waals surface area contributed by atoms with Crippen LogP contribution in [0.2, 0.25) is 0 Å². The third kappa shape index (κ3) is 5.18. The van der Waals surface area contributed by atoms with Crippen molar-refractivity contribution in [2.45, 2.75) is 19.9 Å². The van der Waals surface area contributed by atoms with Crippen molar-refractivity contribution in [3.8, 4) is 0 Å². The van der Waals surface area contributed by atoms with Gasteiger partial charge in [0.05, 0.1) is 22.9 Å². The Hall–Kier alpha value is -4.61. The molecule has 0 aliphatic rings. The molecule has 0 bridgehead atoms. The second kappa shape index (κ2) is 9.68. The highest BCUT2D eigenvalue weighted by atomic mass is 16.6. The number of carbonyl (C=O) groups excluding carboxylic acids is 3. The summed E-state index contributed by atoms with van der Waals surface area (Å²) in [6, 6.07) is 11.2. The summed E-state index contributed by atoms with van der Waals surface area (Å²) in [6.45, 7) is 2.99. The number of hydrazine groups is 1. The third-order valence-electron chi connectivity index (χ3n) is 4.58. The molecule has 0 aliphatic carbocycles. The van der Waals surface area contributed by atoms with Gasteiger partial charge in [0.25, 0.3) is 29.0 Å². The Bertz CT molecular complexity index is 1320. The fourth-order valence-corrected chi connectivity index (χ4v) is 2.98. The molecule has 0 fully saturated rings. The number of hydrogen-bond donors (Lipinski definition) is 3. The Labute approximate surface area is 186 Å². The van der Waals surface area contributed by atoms with Crippen LogP contribution < -0.4 is 21.7 Å². The van der Waals surface area contributed by atoms with Crippen LogP contribution in [0.3, 0.4) is 0 Å². The molecule has 0 atom stereocenters. The van der Waals surface area contributed by atoms with E-state index < -0.39 is 29.2 Å². The van der Waals surface area contributed by atoms with E-state index in [1.165, 1.54) is 22.9 Å². The molecule has 0 radical (unpaired) electrons. The van der Waals surface area contributed by atoms with Crippen molar-refractivity contribution in [3.63, 3.8) is 0 Å². The molecule has 0 saturated carbocycles. The molecule has 2 aromatic carbocycles. The molecule has 3 amide bonds. The molecule has 3 rings (SSSR count). The van der Waals surface area contributed by atoms with E-state index in [1.54, 1.807) is 38.1 Å². The highest BCUT2D eigenvalue weighted by Crippen LogP contribution is 2.15. The van der Waals surface area contributed by atoms with Crippen LogP contribution in [0.4, 0.5) is 5.69 Å². The van der Waals surface area contributed by atoms with Gasteiger partial charge in [-0.3, -0.25) is 40.1 Å². The predicted octanol–water partition coefficient (Wildman–Crippen LogP) is 1.08. The van der Waals surface area contributed by atoms with Gasteiger partial charge in [0, 0.05) is 23.1 Å². The summed E-state index contributed by atoms with van der Waals surface area (Å²) in [6.07, 6.45) is 0. The average Bonchev–Trinajstić information content (AvgIpc) is 2.81. The van der Waals surface area contributed by atoms with Gasteiger partial charge in [-0.15, -0.1) is 0 Å². The molecule has 3 N–H and O–H groups in total. The quantitative estimate of drug-likeness (QED) is 0.372. The molecule has 170 valence electrons. The third-order valence-corrected chi connectivity index (χ3v) is 4.58. The van der Waals surface area contributed by atoms with Gasteiger partial charge < -0.3 is 5.32 Å². The number of benzene rings is 2. The number of aromatic nitrogens is 2. The number of carbonyl (C=O) groups is 3. The number of non-ortho nitro benzene ring substituents is 1. The lowest BCUT2D eigenvalue weighted by molar-refractivity contribution is -0.384. The first kappa shape index (κ1) is 23.1. The fraction of sp³-hybridized carbons (Fsp3) is 0.190. The summed E-state index contributed by atoms with van der Waals surface area (Å²) in [5, 5.41) is 17.9. The molecular formula is C21H20N6O6. The minimum atomic E-state index is -0.751. The van der Waals surface area contributed by atoms with Crippen molar-refractivity contribution in [1.82, 2.24) is 25.9 Å². The highest BCUT2D eigenvalue weighted by molar-refractivity contribution is 6.05. The van der Waals surface area contributed by atoms with Crippen molar-refractivity contribution in [2.24, 2.45) is 0 Å². The van der Waals surface area contributed by atoms with Crippen LogP contribution in [0.5, 0.6) is 0 Å². The smallest absolute Gasteiger partial charge is 0.290 e. The standard InChI is InChI=1S/C21H20N6O6/c1-12(2)26-21(31)16-9-4-3-8-15(16)18(25-26)20(30)24-23-17(28)11-22-19(29)13-6-5-7-14(10-13)27(32)33/h3-10,12H,11H2,1-2H3,(H,22,29)(H,23,28)(H,24,30). The first-order valence-electron chi connectivity index (χ1n) is 9.82. The maximum atomic E-state index is 12.7. The van der Waals surface area contributed by atoms with E-state index in [-0.39, 0.29) is 28.5 Å². The van der Waals surface area contributed by atoms with Crippen molar-refractivity contribution >= 4 is 34.2 Å². The Morgan fingerprint density at radius 1 is 1.03 bits per heavy atom. The molecular weight excluding hydrogens is 432 g/mol. The van der Waals surface area contributed by atoms with Gasteiger partial charge in [0.1, 0.15) is 0 Å². The average molecular weight is 452 g/mol. The van der Waals surface area contributed by atoms with E-state index in [0.717, 1.165) is 6.07 Å². The van der Waals surface area contributed by atoms with E-state index in [0.29, 0.717) is 10.8 Å². The lowest BCUT2D eigenvalue weighted by atomic mass is 10.1. The molecule has 0 aliphatic heterocycles. The van der Waals surface area contributed by atoms with E-state index in [4.69, 9.17) is 0 Å². The normalized spacial score (nSPS) is 10.6. The maximum Gasteiger partial charge on any atom is 0.290 e. The zero-order chi connectivity index (χ0) is 24.1. The van der Waals surface area contributed by atoms with Gasteiger partial charge in [-0.05, 0) is 26.0 Å². The minimum absolute atomic E-state index is 0.00708. The predicted molar refractivity (Wildman–Crippen MR) is 117 cm³/mol. The molecule has 33 heavy (non-hydrogen) atoms. The van der Waals surface area contributed by atoms with Crippen LogP contribution in [0.15, 0.2) is 53.3 Å². The van der Waals surface area contributed by atoms with Crippen LogP contribution in [0.1, 0.15) is 40.7 Å². The highest BCUT2D eigenvalue weighted by Gasteiger charge is 2.18. The topological polar surface area (TPSA) is 165 Å². The number of rotatable bonds is 6. The Balaban J connectivity index is 1.66. The van der Waals surface area contributed by atoms with Gasteiger partial charge in [-0.1, -0.05) is 24.3 Å². The first-order chi connectivity index (χ1) is 15.7. The van der Waals surface area contributed by atoms with Crippen molar-refractivity contribution < 1.29 is 19.3 Å². The molecule has 0 unspecified atom stereocenters. The van der Waals surface area contributed by atoms with Crippen LogP contribution in [0.25, 0.3) is 10.8 Å². The lowest BCUT2D eigenvalue weighted by Crippen LogP contribution is -2.47. The minimum Gasteiger partial charge on any atom is -0.343 e. The number of nitrogens with zero attached hydrogens (tertiary/aromatic N) is 3. The van der Waals surface area contributed by atoms with Gasteiger partial charge >= 0.3 is 0 Å². The van der Waals surface area contributed by atoms with Crippen LogP contribution >= 0.6 is 0 Å². The molecule has 12 heteroatoms. The molecule has 1 aromatic heterocycles. The van der Waals surface area contributed by atoms with Gasteiger partial charge in [-0.2, -0.15) is 5.10 Å². The van der Waals surface area contributed by atoms with Crippen molar-refractivity contribution in [2.75, 3.05) is 6.54 Å². The summed E-state index contributed by atoms with van der Waals surface area (Å²) in [5.74, 6) is -2.19. The number of nitro benzene ring substituents is 1. The van der Waals surface area contributed by atoms with Crippen molar-refractivity contribution in [3.05, 3.63) is 80.3 Å². The summed E-state index contributed by atoms with van der Waals surface area (Å²) in [5.41, 5.74) is 3.71. The number of nitrogens with one attached hydrogen (secondary N) is 3. The van der Waals surface area contributed by atoms with Crippen LogP contribution in [-0.2, 0) is 4.79 Å². The molecule has 12 nitrogen and oxygen atoms in total. The zero-order valence-electron chi connectivity index (χ0n) is 17.7. The Morgan fingerprint density at radius 2 is 1.73 bits per heavy atom. The largest absolute Gasteiger partial charge is 0.343 e. The number of fused-ring (bicyclic) bond motifs is 1. The van der Waals surface area contributed by atoms with Crippen LogP contribution in [0, 0.1) is 10.1 Å². The van der Waals surface area contributed by atoms with Crippen molar-refractivity contribution in [1.29, 1.82) is 0 Å². The van der Waals surface area contributed by atoms with Gasteiger partial charge in [0.15, 0.2) is 5.69 Å². The van der Waals surface area contributed by atoms with E-state index >= 15 is 0 Å². The Morgan fingerprint density at radius 3 is 2.39 bits per heavy atom. The summed E-state index contributed by atoms with van der Waals surface area (Å²) < 4.78 is 1.18. The summed E-state index contributed by atoms with van der Waals surface area (Å²) in [4.78, 5) is 59.6. The number of amides is 3. The number of hydrogen-bond acceptors (Lipinski definition) is 7. The van der Waals surface area contributed by atoms with Gasteiger partial charge in [-0.25, -0.2) is 4.68 Å². The SMILES string of the molecule is CC(C)n1nc(C(=O)NNC(=O)CNC(=O)c2cccc([N+](=O)[O-])c2)c2ccccc2c1=O. The fourth-order valence-electron chi connectivity index (χ4n) is 2.98.